The third kappa shape index (κ3) is 6.51. The first kappa shape index (κ1) is 10.4. The average Bonchev–Trinajstić information content (AvgIpc) is 1.59. The molecule has 1 atom stereocenters. The van der Waals surface area contributed by atoms with Crippen LogP contribution < -0.4 is 0 Å². The Morgan fingerprint density at radius 1 is 1.40 bits per heavy atom. The van der Waals surface area contributed by atoms with E-state index < -0.39 is 8.80 Å². The van der Waals surface area contributed by atoms with Crippen LogP contribution in [0.15, 0.2) is 0 Å². The number of rotatable bonds is 4. The second kappa shape index (κ2) is 4.30. The minimum absolute atomic E-state index is 0.0831. The van der Waals surface area contributed by atoms with Gasteiger partial charge in [0.15, 0.2) is 0 Å². The molecule has 0 aliphatic rings. The maximum absolute atomic E-state index is 8.62. The predicted octanol–water partition coefficient (Wildman–Crippen LogP) is 0.167. The zero-order valence-electron chi connectivity index (χ0n) is 5.92. The molecule has 0 heterocycles. The van der Waals surface area contributed by atoms with Crippen LogP contribution in [0.2, 0.25) is 6.04 Å². The van der Waals surface area contributed by atoms with Crippen LogP contribution in [0.4, 0.5) is 0 Å². The second-order valence-electron chi connectivity index (χ2n) is 2.56. The molecule has 0 aromatic rings. The maximum atomic E-state index is 8.62. The molecule has 5 heteroatoms. The molecule has 0 spiro atoms. The van der Waals surface area contributed by atoms with Crippen LogP contribution in [0.25, 0.3) is 0 Å². The van der Waals surface area contributed by atoms with Gasteiger partial charge in [0.1, 0.15) is 0 Å². The topological polar surface area (TPSA) is 60.7 Å². The molecule has 0 rings (SSSR count). The van der Waals surface area contributed by atoms with E-state index in [1.165, 1.54) is 0 Å². The van der Waals surface area contributed by atoms with Crippen molar-refractivity contribution in [1.29, 1.82) is 0 Å². The summed E-state index contributed by atoms with van der Waals surface area (Å²) in [6, 6.07) is 0.0831. The van der Waals surface area contributed by atoms with Crippen molar-refractivity contribution in [2.75, 3.05) is 5.88 Å². The van der Waals surface area contributed by atoms with Crippen molar-refractivity contribution in [1.82, 2.24) is 0 Å². The van der Waals surface area contributed by atoms with E-state index in [1.807, 2.05) is 6.92 Å². The van der Waals surface area contributed by atoms with Gasteiger partial charge in [0.05, 0.1) is 0 Å². The van der Waals surface area contributed by atoms with Crippen molar-refractivity contribution >= 4 is 20.4 Å². The SMILES string of the molecule is CC(CCCl)C[Si](O)(O)O. The van der Waals surface area contributed by atoms with E-state index in [4.69, 9.17) is 26.0 Å². The van der Waals surface area contributed by atoms with E-state index in [9.17, 15) is 0 Å². The lowest BCUT2D eigenvalue weighted by molar-refractivity contribution is 0.219. The van der Waals surface area contributed by atoms with E-state index in [0.29, 0.717) is 12.3 Å². The zero-order chi connectivity index (χ0) is 8.20. The van der Waals surface area contributed by atoms with Crippen LogP contribution in [0.1, 0.15) is 13.3 Å². The van der Waals surface area contributed by atoms with Crippen LogP contribution in [0, 0.1) is 5.92 Å². The zero-order valence-corrected chi connectivity index (χ0v) is 7.67. The highest BCUT2D eigenvalue weighted by Crippen LogP contribution is 2.13. The van der Waals surface area contributed by atoms with Crippen molar-refractivity contribution in [3.8, 4) is 0 Å². The highest BCUT2D eigenvalue weighted by atomic mass is 35.5. The fraction of sp³-hybridized carbons (Fsp3) is 1.00. The van der Waals surface area contributed by atoms with Gasteiger partial charge in [-0.2, -0.15) is 0 Å². The van der Waals surface area contributed by atoms with Gasteiger partial charge in [0.25, 0.3) is 0 Å². The van der Waals surface area contributed by atoms with Gasteiger partial charge in [-0.25, -0.2) is 0 Å². The standard InChI is InChI=1S/C5H13ClO3Si/c1-5(2-3-6)4-10(7,8)9/h5,7-9H,2-4H2,1H3. The van der Waals surface area contributed by atoms with E-state index in [0.717, 1.165) is 0 Å². The smallest absolute Gasteiger partial charge is 0.390 e. The molecule has 0 bridgehead atoms. The normalized spacial score (nSPS) is 15.3. The molecule has 0 amide bonds. The fourth-order valence-electron chi connectivity index (χ4n) is 0.756. The van der Waals surface area contributed by atoms with E-state index in [-0.39, 0.29) is 12.0 Å². The van der Waals surface area contributed by atoms with E-state index in [1.54, 1.807) is 0 Å². The largest absolute Gasteiger partial charge is 0.493 e. The third-order valence-electron chi connectivity index (χ3n) is 1.22. The molecule has 0 fully saturated rings. The first-order valence-corrected chi connectivity index (χ1v) is 5.77. The summed E-state index contributed by atoms with van der Waals surface area (Å²) in [6.45, 7) is 1.83. The van der Waals surface area contributed by atoms with Gasteiger partial charge in [0, 0.05) is 11.9 Å². The van der Waals surface area contributed by atoms with E-state index in [2.05, 4.69) is 0 Å². The summed E-state index contributed by atoms with van der Waals surface area (Å²) in [5.41, 5.74) is 0. The quantitative estimate of drug-likeness (QED) is 0.431. The van der Waals surface area contributed by atoms with Gasteiger partial charge in [0.2, 0.25) is 0 Å². The minimum atomic E-state index is -3.82. The Labute approximate surface area is 66.6 Å². The number of alkyl halides is 1. The summed E-state index contributed by atoms with van der Waals surface area (Å²) in [5.74, 6) is 0.579. The molecule has 10 heavy (non-hydrogen) atoms. The Bertz CT molecular complexity index is 93.4. The molecular weight excluding hydrogens is 172 g/mol. The molecule has 0 saturated heterocycles. The first-order valence-electron chi connectivity index (χ1n) is 3.19. The van der Waals surface area contributed by atoms with Gasteiger partial charge in [-0.3, -0.25) is 0 Å². The molecule has 3 N–H and O–H groups in total. The first-order chi connectivity index (χ1) is 4.45. The van der Waals surface area contributed by atoms with Gasteiger partial charge >= 0.3 is 8.80 Å². The van der Waals surface area contributed by atoms with Crippen molar-refractivity contribution < 1.29 is 14.4 Å². The number of hydrogen-bond acceptors (Lipinski definition) is 3. The third-order valence-corrected chi connectivity index (χ3v) is 2.69. The van der Waals surface area contributed by atoms with Crippen molar-refractivity contribution in [2.45, 2.75) is 19.4 Å². The van der Waals surface area contributed by atoms with Crippen LogP contribution in [-0.2, 0) is 0 Å². The Kier molecular flexibility index (Phi) is 4.47. The minimum Gasteiger partial charge on any atom is -0.390 e. The van der Waals surface area contributed by atoms with Crippen molar-refractivity contribution in [3.05, 3.63) is 0 Å². The van der Waals surface area contributed by atoms with E-state index >= 15 is 0 Å². The molecule has 62 valence electrons. The summed E-state index contributed by atoms with van der Waals surface area (Å²) in [4.78, 5) is 25.9. The van der Waals surface area contributed by atoms with Crippen molar-refractivity contribution in [3.63, 3.8) is 0 Å². The number of hydrogen-bond donors (Lipinski definition) is 3. The second-order valence-corrected chi connectivity index (χ2v) is 4.90. The molecule has 0 aromatic carbocycles. The predicted molar refractivity (Wildman–Crippen MR) is 41.7 cm³/mol. The summed E-state index contributed by atoms with van der Waals surface area (Å²) in [5, 5.41) is 0. The Morgan fingerprint density at radius 3 is 2.20 bits per heavy atom. The summed E-state index contributed by atoms with van der Waals surface area (Å²) >= 11 is 5.40. The summed E-state index contributed by atoms with van der Waals surface area (Å²) < 4.78 is 0. The molecular formula is C5H13ClO3Si. The lowest BCUT2D eigenvalue weighted by atomic mass is 10.2. The molecule has 0 aromatic heterocycles. The van der Waals surface area contributed by atoms with Crippen molar-refractivity contribution in [2.24, 2.45) is 5.92 Å². The highest BCUT2D eigenvalue weighted by Gasteiger charge is 2.28. The van der Waals surface area contributed by atoms with Crippen LogP contribution >= 0.6 is 11.6 Å². The van der Waals surface area contributed by atoms with Crippen LogP contribution in [0.3, 0.4) is 0 Å². The molecule has 0 radical (unpaired) electrons. The Hall–Kier alpha value is 0.387. The van der Waals surface area contributed by atoms with Gasteiger partial charge in [-0.05, 0) is 12.3 Å². The fourth-order valence-corrected chi connectivity index (χ4v) is 2.27. The highest BCUT2D eigenvalue weighted by molar-refractivity contribution is 6.56. The average molecular weight is 185 g/mol. The monoisotopic (exact) mass is 184 g/mol. The molecule has 0 aliphatic carbocycles. The molecule has 0 saturated carbocycles. The maximum Gasteiger partial charge on any atom is 0.493 e. The van der Waals surface area contributed by atoms with Crippen LogP contribution in [0.5, 0.6) is 0 Å². The van der Waals surface area contributed by atoms with Gasteiger partial charge < -0.3 is 14.4 Å². The van der Waals surface area contributed by atoms with Gasteiger partial charge in [-0.15, -0.1) is 11.6 Å². The lowest BCUT2D eigenvalue weighted by Gasteiger charge is -2.13. The molecule has 3 nitrogen and oxygen atoms in total. The molecule has 0 aliphatic heterocycles. The Morgan fingerprint density at radius 2 is 1.90 bits per heavy atom. The van der Waals surface area contributed by atoms with Crippen LogP contribution in [-0.4, -0.2) is 29.1 Å². The number of halogens is 1. The van der Waals surface area contributed by atoms with Gasteiger partial charge in [-0.1, -0.05) is 6.92 Å². The Balaban J connectivity index is 3.47. The summed E-state index contributed by atoms with van der Waals surface area (Å²) in [6.07, 6.45) is 0.706. The molecule has 1 unspecified atom stereocenters. The lowest BCUT2D eigenvalue weighted by Crippen LogP contribution is -2.36. The summed E-state index contributed by atoms with van der Waals surface area (Å²) in [7, 11) is -3.82.